The van der Waals surface area contributed by atoms with Gasteiger partial charge in [0, 0.05) is 19.1 Å². The highest BCUT2D eigenvalue weighted by Gasteiger charge is 2.32. The van der Waals surface area contributed by atoms with Crippen molar-refractivity contribution < 1.29 is 13.2 Å². The van der Waals surface area contributed by atoms with Gasteiger partial charge in [-0.05, 0) is 26.7 Å². The van der Waals surface area contributed by atoms with Crippen LogP contribution in [0.1, 0.15) is 46.0 Å². The number of hydrogen-bond acceptors (Lipinski definition) is 3. The summed E-state index contributed by atoms with van der Waals surface area (Å²) in [5, 5.41) is 0. The molecule has 1 saturated heterocycles. The summed E-state index contributed by atoms with van der Waals surface area (Å²) in [5.74, 6) is 0. The zero-order valence-electron chi connectivity index (χ0n) is 11.3. The molecule has 2 aliphatic rings. The minimum absolute atomic E-state index is 0.0309. The van der Waals surface area contributed by atoms with Gasteiger partial charge in [-0.3, -0.25) is 0 Å². The number of morpholine rings is 1. The fourth-order valence-electron chi connectivity index (χ4n) is 2.83. The van der Waals surface area contributed by atoms with E-state index in [9.17, 15) is 8.42 Å². The molecular weight excluding hydrogens is 252 g/mol. The number of ether oxygens (including phenoxy) is 1. The molecule has 0 aromatic rings. The molecule has 2 unspecified atom stereocenters. The van der Waals surface area contributed by atoms with Gasteiger partial charge in [0.15, 0.2) is 0 Å². The molecule has 0 aromatic heterocycles. The molecule has 1 saturated carbocycles. The lowest BCUT2D eigenvalue weighted by Crippen LogP contribution is -2.53. The van der Waals surface area contributed by atoms with Gasteiger partial charge in [-0.2, -0.15) is 17.4 Å². The van der Waals surface area contributed by atoms with Crippen LogP contribution in [-0.2, 0) is 14.9 Å². The summed E-state index contributed by atoms with van der Waals surface area (Å²) >= 11 is 0. The van der Waals surface area contributed by atoms with Crippen molar-refractivity contribution in [1.29, 1.82) is 0 Å². The number of nitrogens with zero attached hydrogens (tertiary/aromatic N) is 1. The van der Waals surface area contributed by atoms with Crippen LogP contribution >= 0.6 is 0 Å². The molecule has 2 rings (SSSR count). The fraction of sp³-hybridized carbons (Fsp3) is 1.00. The number of rotatable bonds is 3. The first-order valence-corrected chi connectivity index (χ1v) is 8.34. The highest BCUT2D eigenvalue weighted by atomic mass is 32.2. The van der Waals surface area contributed by atoms with Crippen molar-refractivity contribution in [3.05, 3.63) is 0 Å². The lowest BCUT2D eigenvalue weighted by atomic mass is 9.96. The summed E-state index contributed by atoms with van der Waals surface area (Å²) < 4.78 is 34.6. The maximum Gasteiger partial charge on any atom is 0.279 e. The molecule has 1 heterocycles. The van der Waals surface area contributed by atoms with Crippen molar-refractivity contribution in [2.24, 2.45) is 0 Å². The minimum Gasteiger partial charge on any atom is -0.373 e. The standard InChI is InChI=1S/C12H24N2O3S/c1-10-8-14(9-11(2)17-10)18(15,16)13-12-6-4-3-5-7-12/h10-13H,3-9H2,1-2H3. The highest BCUT2D eigenvalue weighted by molar-refractivity contribution is 7.87. The molecule has 1 aliphatic heterocycles. The predicted molar refractivity (Wildman–Crippen MR) is 70.5 cm³/mol. The van der Waals surface area contributed by atoms with Crippen LogP contribution in [-0.4, -0.2) is 44.1 Å². The Balaban J connectivity index is 1.96. The molecule has 1 aliphatic carbocycles. The summed E-state index contributed by atoms with van der Waals surface area (Å²) in [6.45, 7) is 4.73. The Bertz CT molecular complexity index is 356. The van der Waals surface area contributed by atoms with Gasteiger partial charge in [-0.15, -0.1) is 0 Å². The van der Waals surface area contributed by atoms with E-state index in [-0.39, 0.29) is 18.2 Å². The third kappa shape index (κ3) is 3.66. The van der Waals surface area contributed by atoms with E-state index in [0.29, 0.717) is 13.1 Å². The summed E-state index contributed by atoms with van der Waals surface area (Å²) in [7, 11) is -3.35. The molecule has 0 amide bonds. The van der Waals surface area contributed by atoms with Crippen molar-refractivity contribution in [2.75, 3.05) is 13.1 Å². The zero-order valence-corrected chi connectivity index (χ0v) is 12.1. The normalized spacial score (nSPS) is 32.6. The van der Waals surface area contributed by atoms with Gasteiger partial charge in [-0.1, -0.05) is 19.3 Å². The van der Waals surface area contributed by atoms with E-state index in [4.69, 9.17) is 4.74 Å². The van der Waals surface area contributed by atoms with Crippen LogP contribution in [0.25, 0.3) is 0 Å². The predicted octanol–water partition coefficient (Wildman–Crippen LogP) is 1.26. The molecule has 0 radical (unpaired) electrons. The number of hydrogen-bond donors (Lipinski definition) is 1. The van der Waals surface area contributed by atoms with Crippen LogP contribution in [0, 0.1) is 0 Å². The summed E-state index contributed by atoms with van der Waals surface area (Å²) in [5.41, 5.74) is 0. The van der Waals surface area contributed by atoms with Crippen LogP contribution in [0.2, 0.25) is 0 Å². The second-order valence-corrected chi connectivity index (χ2v) is 7.23. The van der Waals surface area contributed by atoms with Gasteiger partial charge in [0.05, 0.1) is 12.2 Å². The first kappa shape index (κ1) is 14.2. The van der Waals surface area contributed by atoms with Gasteiger partial charge in [0.2, 0.25) is 0 Å². The Morgan fingerprint density at radius 2 is 1.61 bits per heavy atom. The quantitative estimate of drug-likeness (QED) is 0.844. The van der Waals surface area contributed by atoms with E-state index in [1.54, 1.807) is 0 Å². The van der Waals surface area contributed by atoms with Crippen LogP contribution in [0.4, 0.5) is 0 Å². The van der Waals surface area contributed by atoms with Gasteiger partial charge in [-0.25, -0.2) is 0 Å². The molecule has 0 aromatic carbocycles. The molecule has 2 atom stereocenters. The fourth-order valence-corrected chi connectivity index (χ4v) is 4.45. The molecule has 6 heteroatoms. The SMILES string of the molecule is CC1CN(S(=O)(=O)NC2CCCCC2)CC(C)O1. The van der Waals surface area contributed by atoms with E-state index in [2.05, 4.69) is 4.72 Å². The van der Waals surface area contributed by atoms with Crippen molar-refractivity contribution in [3.8, 4) is 0 Å². The highest BCUT2D eigenvalue weighted by Crippen LogP contribution is 2.20. The Morgan fingerprint density at radius 1 is 1.06 bits per heavy atom. The summed E-state index contributed by atoms with van der Waals surface area (Å²) in [6.07, 6.45) is 5.35. The lowest BCUT2D eigenvalue weighted by molar-refractivity contribution is -0.0445. The van der Waals surface area contributed by atoms with Crippen LogP contribution in [0.15, 0.2) is 0 Å². The lowest BCUT2D eigenvalue weighted by Gasteiger charge is -2.35. The third-order valence-corrected chi connectivity index (χ3v) is 5.26. The largest absolute Gasteiger partial charge is 0.373 e. The first-order chi connectivity index (χ1) is 8.47. The maximum atomic E-state index is 12.3. The van der Waals surface area contributed by atoms with E-state index in [1.807, 2.05) is 13.8 Å². The minimum atomic E-state index is -3.35. The molecule has 0 spiro atoms. The molecule has 106 valence electrons. The van der Waals surface area contributed by atoms with E-state index >= 15 is 0 Å². The summed E-state index contributed by atoms with van der Waals surface area (Å²) in [4.78, 5) is 0. The Labute approximate surface area is 110 Å². The molecule has 1 N–H and O–H groups in total. The van der Waals surface area contributed by atoms with E-state index in [1.165, 1.54) is 10.7 Å². The average molecular weight is 276 g/mol. The smallest absolute Gasteiger partial charge is 0.279 e. The van der Waals surface area contributed by atoms with Gasteiger partial charge in [0.25, 0.3) is 10.2 Å². The molecule has 18 heavy (non-hydrogen) atoms. The van der Waals surface area contributed by atoms with E-state index in [0.717, 1.165) is 25.7 Å². The van der Waals surface area contributed by atoms with Crippen molar-refractivity contribution in [3.63, 3.8) is 0 Å². The zero-order chi connectivity index (χ0) is 13.2. The second-order valence-electron chi connectivity index (χ2n) is 5.53. The topological polar surface area (TPSA) is 58.6 Å². The van der Waals surface area contributed by atoms with E-state index < -0.39 is 10.2 Å². The van der Waals surface area contributed by atoms with Crippen molar-refractivity contribution in [2.45, 2.75) is 64.2 Å². The Hall–Kier alpha value is -0.170. The average Bonchev–Trinajstić information content (AvgIpc) is 2.28. The maximum absolute atomic E-state index is 12.3. The summed E-state index contributed by atoms with van der Waals surface area (Å²) in [6, 6.07) is 0.122. The van der Waals surface area contributed by atoms with Gasteiger partial charge in [0.1, 0.15) is 0 Å². The van der Waals surface area contributed by atoms with Crippen molar-refractivity contribution in [1.82, 2.24) is 9.03 Å². The third-order valence-electron chi connectivity index (χ3n) is 3.65. The Morgan fingerprint density at radius 3 is 2.17 bits per heavy atom. The van der Waals surface area contributed by atoms with Crippen LogP contribution < -0.4 is 4.72 Å². The van der Waals surface area contributed by atoms with Crippen molar-refractivity contribution >= 4 is 10.2 Å². The van der Waals surface area contributed by atoms with Crippen LogP contribution in [0.3, 0.4) is 0 Å². The molecule has 0 bridgehead atoms. The Kier molecular flexibility index (Phi) is 4.64. The van der Waals surface area contributed by atoms with Crippen LogP contribution in [0.5, 0.6) is 0 Å². The van der Waals surface area contributed by atoms with Gasteiger partial charge < -0.3 is 4.74 Å². The monoisotopic (exact) mass is 276 g/mol. The second kappa shape index (κ2) is 5.86. The molecule has 2 fully saturated rings. The van der Waals surface area contributed by atoms with Gasteiger partial charge >= 0.3 is 0 Å². The first-order valence-electron chi connectivity index (χ1n) is 6.90. The molecular formula is C12H24N2O3S. The molecule has 5 nitrogen and oxygen atoms in total. The number of nitrogens with one attached hydrogen (secondary N) is 1.